The second-order valence-corrected chi connectivity index (χ2v) is 4.65. The van der Waals surface area contributed by atoms with Crippen LogP contribution in [0.1, 0.15) is 25.1 Å². The van der Waals surface area contributed by atoms with Gasteiger partial charge in [-0.2, -0.15) is 5.10 Å². The molecule has 0 spiro atoms. The molecule has 0 aliphatic heterocycles. The number of rotatable bonds is 4. The van der Waals surface area contributed by atoms with Gasteiger partial charge in [0.15, 0.2) is 5.16 Å². The van der Waals surface area contributed by atoms with E-state index in [-0.39, 0.29) is 0 Å². The second kappa shape index (κ2) is 5.29. The zero-order valence-corrected chi connectivity index (χ0v) is 10.6. The maximum atomic E-state index is 9.63. The monoisotopic (exact) mass is 250 g/mol. The van der Waals surface area contributed by atoms with Gasteiger partial charge in [0.1, 0.15) is 6.33 Å². The fourth-order valence-electron chi connectivity index (χ4n) is 1.34. The van der Waals surface area contributed by atoms with Gasteiger partial charge in [-0.15, -0.1) is 0 Å². The van der Waals surface area contributed by atoms with Crippen molar-refractivity contribution >= 4 is 11.8 Å². The van der Waals surface area contributed by atoms with E-state index in [0.717, 1.165) is 10.1 Å². The summed E-state index contributed by atoms with van der Waals surface area (Å²) in [6, 6.07) is 3.77. The third-order valence-electron chi connectivity index (χ3n) is 2.37. The molecule has 0 saturated heterocycles. The van der Waals surface area contributed by atoms with Crippen molar-refractivity contribution in [3.63, 3.8) is 0 Å². The van der Waals surface area contributed by atoms with Crippen molar-refractivity contribution in [2.75, 3.05) is 0 Å². The summed E-state index contributed by atoms with van der Waals surface area (Å²) < 4.78 is 1.71. The molecule has 0 fully saturated rings. The third-order valence-corrected chi connectivity index (χ3v) is 3.40. The van der Waals surface area contributed by atoms with Gasteiger partial charge in [-0.1, -0.05) is 6.92 Å². The predicted octanol–water partition coefficient (Wildman–Crippen LogP) is 1.80. The SMILES string of the molecule is CC[C@H](O)c1ccc(Sc2ncnn2C)cn1. The Bertz CT molecular complexity index is 482. The van der Waals surface area contributed by atoms with Crippen LogP contribution in [0.2, 0.25) is 0 Å². The van der Waals surface area contributed by atoms with Crippen LogP contribution < -0.4 is 0 Å². The molecule has 0 saturated carbocycles. The number of pyridine rings is 1. The summed E-state index contributed by atoms with van der Waals surface area (Å²) in [5.74, 6) is 0. The van der Waals surface area contributed by atoms with E-state index in [0.29, 0.717) is 12.1 Å². The average molecular weight is 250 g/mol. The molecule has 0 aliphatic rings. The zero-order valence-electron chi connectivity index (χ0n) is 9.74. The molecule has 2 rings (SSSR count). The van der Waals surface area contributed by atoms with Gasteiger partial charge in [-0.05, 0) is 30.3 Å². The van der Waals surface area contributed by atoms with Gasteiger partial charge in [0.05, 0.1) is 11.8 Å². The summed E-state index contributed by atoms with van der Waals surface area (Å²) in [4.78, 5) is 9.33. The molecule has 90 valence electrons. The largest absolute Gasteiger partial charge is 0.387 e. The minimum absolute atomic E-state index is 0.483. The lowest BCUT2D eigenvalue weighted by molar-refractivity contribution is 0.169. The minimum atomic E-state index is -0.483. The molecule has 2 aromatic rings. The highest BCUT2D eigenvalue weighted by Crippen LogP contribution is 2.25. The Morgan fingerprint density at radius 1 is 1.41 bits per heavy atom. The number of hydrogen-bond acceptors (Lipinski definition) is 5. The van der Waals surface area contributed by atoms with Crippen LogP contribution in [0.4, 0.5) is 0 Å². The van der Waals surface area contributed by atoms with Gasteiger partial charge >= 0.3 is 0 Å². The highest BCUT2D eigenvalue weighted by atomic mass is 32.2. The van der Waals surface area contributed by atoms with Gasteiger partial charge in [0.2, 0.25) is 0 Å². The van der Waals surface area contributed by atoms with E-state index < -0.39 is 6.10 Å². The number of aliphatic hydroxyl groups is 1. The van der Waals surface area contributed by atoms with Gasteiger partial charge in [-0.25, -0.2) is 9.67 Å². The van der Waals surface area contributed by atoms with Gasteiger partial charge in [0, 0.05) is 18.1 Å². The van der Waals surface area contributed by atoms with Gasteiger partial charge in [0.25, 0.3) is 0 Å². The van der Waals surface area contributed by atoms with Gasteiger partial charge in [-0.3, -0.25) is 4.98 Å². The summed E-state index contributed by atoms with van der Waals surface area (Å²) in [6.45, 7) is 1.93. The Hall–Kier alpha value is -1.40. The fraction of sp³-hybridized carbons (Fsp3) is 0.364. The number of aliphatic hydroxyl groups excluding tert-OH is 1. The van der Waals surface area contributed by atoms with Crippen LogP contribution in [0, 0.1) is 0 Å². The highest BCUT2D eigenvalue weighted by molar-refractivity contribution is 7.99. The van der Waals surface area contributed by atoms with E-state index in [1.54, 1.807) is 10.9 Å². The number of aromatic nitrogens is 4. The van der Waals surface area contributed by atoms with Crippen molar-refractivity contribution < 1.29 is 5.11 Å². The molecule has 6 heteroatoms. The summed E-state index contributed by atoms with van der Waals surface area (Å²) in [6.07, 6.45) is 3.45. The quantitative estimate of drug-likeness (QED) is 0.896. The van der Waals surface area contributed by atoms with Crippen molar-refractivity contribution in [1.82, 2.24) is 19.7 Å². The molecule has 17 heavy (non-hydrogen) atoms. The molecule has 2 heterocycles. The number of hydrogen-bond donors (Lipinski definition) is 1. The maximum Gasteiger partial charge on any atom is 0.190 e. The van der Waals surface area contributed by atoms with Crippen LogP contribution in [0.5, 0.6) is 0 Å². The molecule has 5 nitrogen and oxygen atoms in total. The zero-order chi connectivity index (χ0) is 12.3. The fourth-order valence-corrected chi connectivity index (χ4v) is 2.07. The van der Waals surface area contributed by atoms with Crippen molar-refractivity contribution in [1.29, 1.82) is 0 Å². The molecule has 0 aromatic carbocycles. The molecule has 0 radical (unpaired) electrons. The van der Waals surface area contributed by atoms with E-state index in [1.807, 2.05) is 26.1 Å². The van der Waals surface area contributed by atoms with E-state index in [9.17, 15) is 5.11 Å². The van der Waals surface area contributed by atoms with Crippen LogP contribution in [0.25, 0.3) is 0 Å². The second-order valence-electron chi connectivity index (χ2n) is 3.61. The van der Waals surface area contributed by atoms with Crippen molar-refractivity contribution in [3.8, 4) is 0 Å². The van der Waals surface area contributed by atoms with E-state index in [1.165, 1.54) is 18.1 Å². The van der Waals surface area contributed by atoms with E-state index in [2.05, 4.69) is 15.1 Å². The van der Waals surface area contributed by atoms with Crippen LogP contribution in [-0.2, 0) is 7.05 Å². The van der Waals surface area contributed by atoms with Crippen LogP contribution in [-0.4, -0.2) is 24.9 Å². The Morgan fingerprint density at radius 3 is 2.76 bits per heavy atom. The van der Waals surface area contributed by atoms with Crippen LogP contribution >= 0.6 is 11.8 Å². The molecule has 1 N–H and O–H groups in total. The number of aryl methyl sites for hydroxylation is 1. The lowest BCUT2D eigenvalue weighted by Gasteiger charge is -2.07. The molecular formula is C11H14N4OS. The molecule has 2 aromatic heterocycles. The van der Waals surface area contributed by atoms with Crippen LogP contribution in [0.15, 0.2) is 34.7 Å². The third kappa shape index (κ3) is 2.83. The molecule has 0 amide bonds. The van der Waals surface area contributed by atoms with Gasteiger partial charge < -0.3 is 5.11 Å². The molecule has 1 atom stereocenters. The first-order chi connectivity index (χ1) is 8.20. The Kier molecular flexibility index (Phi) is 3.75. The molecular weight excluding hydrogens is 236 g/mol. The first-order valence-electron chi connectivity index (χ1n) is 5.36. The van der Waals surface area contributed by atoms with E-state index >= 15 is 0 Å². The normalized spacial score (nSPS) is 12.6. The summed E-state index contributed by atoms with van der Waals surface area (Å²) in [5, 5.41) is 14.4. The smallest absolute Gasteiger partial charge is 0.190 e. The topological polar surface area (TPSA) is 63.8 Å². The van der Waals surface area contributed by atoms with Crippen molar-refractivity contribution in [2.24, 2.45) is 7.05 Å². The molecule has 0 bridgehead atoms. The Morgan fingerprint density at radius 2 is 2.24 bits per heavy atom. The molecule has 0 aliphatic carbocycles. The summed E-state index contributed by atoms with van der Waals surface area (Å²) >= 11 is 1.49. The maximum absolute atomic E-state index is 9.63. The lowest BCUT2D eigenvalue weighted by Crippen LogP contribution is -1.98. The predicted molar refractivity (Wildman–Crippen MR) is 64.6 cm³/mol. The first kappa shape index (κ1) is 12.1. The summed E-state index contributed by atoms with van der Waals surface area (Å²) in [7, 11) is 1.85. The minimum Gasteiger partial charge on any atom is -0.387 e. The standard InChI is InChI=1S/C11H14N4OS/c1-3-10(16)9-5-4-8(6-12-9)17-11-13-7-14-15(11)2/h4-7,10,16H,3H2,1-2H3/t10-/m0/s1. The number of nitrogens with zero attached hydrogens (tertiary/aromatic N) is 4. The van der Waals surface area contributed by atoms with Crippen molar-refractivity contribution in [3.05, 3.63) is 30.4 Å². The summed E-state index contributed by atoms with van der Waals surface area (Å²) in [5.41, 5.74) is 0.704. The highest BCUT2D eigenvalue weighted by Gasteiger charge is 2.07. The first-order valence-corrected chi connectivity index (χ1v) is 6.18. The van der Waals surface area contributed by atoms with Crippen LogP contribution in [0.3, 0.4) is 0 Å². The van der Waals surface area contributed by atoms with E-state index in [4.69, 9.17) is 0 Å². The Labute approximate surface area is 104 Å². The lowest BCUT2D eigenvalue weighted by atomic mass is 10.2. The average Bonchev–Trinajstić information content (AvgIpc) is 2.75. The van der Waals surface area contributed by atoms with Crippen molar-refractivity contribution in [2.45, 2.75) is 29.5 Å². The Balaban J connectivity index is 2.11. The molecule has 0 unspecified atom stereocenters.